The Morgan fingerprint density at radius 3 is 2.67 bits per heavy atom. The number of carbonyl (C=O) groups is 2. The minimum Gasteiger partial charge on any atom is -0.550 e. The molecule has 0 fully saturated rings. The molecule has 2 aromatic rings. The lowest BCUT2D eigenvalue weighted by molar-refractivity contribution is -0.304. The number of hydrogen-bond acceptors (Lipinski definition) is 5. The summed E-state index contributed by atoms with van der Waals surface area (Å²) in [6.07, 6.45) is -0.205. The maximum atomic E-state index is 11.9. The third kappa shape index (κ3) is 4.70. The van der Waals surface area contributed by atoms with Gasteiger partial charge in [0.15, 0.2) is 0 Å². The van der Waals surface area contributed by atoms with Gasteiger partial charge in [0, 0.05) is 23.5 Å². The Kier molecular flexibility index (Phi) is 5.17. The van der Waals surface area contributed by atoms with Crippen molar-refractivity contribution in [3.63, 3.8) is 0 Å². The SMILES string of the molecule is O=C([O-])Cc1csc(CC(=O)Nc2ccc(Cl)c(Cl)c2)n1. The molecule has 0 saturated carbocycles. The van der Waals surface area contributed by atoms with Gasteiger partial charge in [-0.25, -0.2) is 4.98 Å². The predicted octanol–water partition coefficient (Wildman–Crippen LogP) is 1.92. The number of carbonyl (C=O) groups excluding carboxylic acids is 2. The normalized spacial score (nSPS) is 10.4. The monoisotopic (exact) mass is 343 g/mol. The maximum absolute atomic E-state index is 11.9. The van der Waals surface area contributed by atoms with Gasteiger partial charge >= 0.3 is 0 Å². The number of nitrogens with one attached hydrogen (secondary N) is 1. The van der Waals surface area contributed by atoms with E-state index in [0.717, 1.165) is 0 Å². The van der Waals surface area contributed by atoms with Gasteiger partial charge in [-0.15, -0.1) is 11.3 Å². The minimum atomic E-state index is -1.20. The molecule has 0 aliphatic heterocycles. The molecule has 2 rings (SSSR count). The molecular weight excluding hydrogens is 335 g/mol. The van der Waals surface area contributed by atoms with Gasteiger partial charge in [-0.2, -0.15) is 0 Å². The van der Waals surface area contributed by atoms with Gasteiger partial charge in [-0.05, 0) is 18.2 Å². The number of hydrogen-bond donors (Lipinski definition) is 1. The van der Waals surface area contributed by atoms with E-state index in [-0.39, 0.29) is 18.7 Å². The van der Waals surface area contributed by atoms with Gasteiger partial charge < -0.3 is 15.2 Å². The Balaban J connectivity index is 1.96. The summed E-state index contributed by atoms with van der Waals surface area (Å²) in [6.45, 7) is 0. The summed E-state index contributed by atoms with van der Waals surface area (Å²) in [5.74, 6) is -1.48. The van der Waals surface area contributed by atoms with Crippen LogP contribution in [0.4, 0.5) is 5.69 Å². The van der Waals surface area contributed by atoms with E-state index in [0.29, 0.717) is 26.4 Å². The number of benzene rings is 1. The Morgan fingerprint density at radius 1 is 1.24 bits per heavy atom. The minimum absolute atomic E-state index is 0.0535. The zero-order valence-corrected chi connectivity index (χ0v) is 12.9. The molecule has 1 heterocycles. The highest BCUT2D eigenvalue weighted by molar-refractivity contribution is 7.09. The zero-order chi connectivity index (χ0) is 15.4. The summed E-state index contributed by atoms with van der Waals surface area (Å²) in [7, 11) is 0. The fourth-order valence-electron chi connectivity index (χ4n) is 1.58. The molecule has 1 amide bonds. The standard InChI is InChI=1S/C13H10Cl2N2O3S/c14-9-2-1-7(3-10(9)15)16-11(18)5-12-17-8(6-21-12)4-13(19)20/h1-3,6H,4-5H2,(H,16,18)(H,19,20)/p-1. The lowest BCUT2D eigenvalue weighted by atomic mass is 10.3. The van der Waals surface area contributed by atoms with Crippen LogP contribution in [0.2, 0.25) is 10.0 Å². The van der Waals surface area contributed by atoms with Gasteiger partial charge in [0.25, 0.3) is 0 Å². The van der Waals surface area contributed by atoms with Crippen molar-refractivity contribution in [3.05, 3.63) is 44.3 Å². The number of amides is 1. The maximum Gasteiger partial charge on any atom is 0.231 e. The van der Waals surface area contributed by atoms with Crippen molar-refractivity contribution in [2.45, 2.75) is 12.8 Å². The molecule has 21 heavy (non-hydrogen) atoms. The second kappa shape index (κ2) is 6.89. The molecule has 1 N–H and O–H groups in total. The molecule has 5 nitrogen and oxygen atoms in total. The van der Waals surface area contributed by atoms with E-state index in [4.69, 9.17) is 23.2 Å². The quantitative estimate of drug-likeness (QED) is 0.898. The molecule has 0 aliphatic rings. The number of rotatable bonds is 5. The van der Waals surface area contributed by atoms with Crippen molar-refractivity contribution in [1.82, 2.24) is 4.98 Å². The number of thiazole rings is 1. The smallest absolute Gasteiger partial charge is 0.231 e. The number of anilines is 1. The number of carboxylic acids is 1. The lowest BCUT2D eigenvalue weighted by Crippen LogP contribution is -2.24. The van der Waals surface area contributed by atoms with E-state index < -0.39 is 5.97 Å². The van der Waals surface area contributed by atoms with Crippen LogP contribution >= 0.6 is 34.5 Å². The predicted molar refractivity (Wildman–Crippen MR) is 79.6 cm³/mol. The number of halogens is 2. The van der Waals surface area contributed by atoms with E-state index in [1.165, 1.54) is 11.3 Å². The van der Waals surface area contributed by atoms with E-state index in [1.807, 2.05) is 0 Å². The second-order valence-corrected chi connectivity index (χ2v) is 5.89. The third-order valence-electron chi connectivity index (χ3n) is 2.44. The van der Waals surface area contributed by atoms with Gasteiger partial charge in [0.2, 0.25) is 5.91 Å². The van der Waals surface area contributed by atoms with Crippen molar-refractivity contribution < 1.29 is 14.7 Å². The Bertz CT molecular complexity index is 688. The Labute approximate surface area is 134 Å². The van der Waals surface area contributed by atoms with Crippen molar-refractivity contribution in [1.29, 1.82) is 0 Å². The number of carboxylic acid groups (broad SMARTS) is 1. The zero-order valence-electron chi connectivity index (χ0n) is 10.6. The van der Waals surface area contributed by atoms with Crippen LogP contribution in [0.15, 0.2) is 23.6 Å². The van der Waals surface area contributed by atoms with Crippen molar-refractivity contribution >= 4 is 52.1 Å². The molecule has 1 aromatic carbocycles. The second-order valence-electron chi connectivity index (χ2n) is 4.14. The molecule has 0 radical (unpaired) electrons. The largest absolute Gasteiger partial charge is 0.550 e. The highest BCUT2D eigenvalue weighted by Gasteiger charge is 2.09. The molecule has 0 spiro atoms. The molecule has 0 bridgehead atoms. The van der Waals surface area contributed by atoms with Gasteiger partial charge in [0.05, 0.1) is 22.2 Å². The summed E-state index contributed by atoms with van der Waals surface area (Å²) < 4.78 is 0. The molecule has 8 heteroatoms. The Hall–Kier alpha value is -1.63. The summed E-state index contributed by atoms with van der Waals surface area (Å²) in [4.78, 5) is 26.4. The molecule has 1 aromatic heterocycles. The van der Waals surface area contributed by atoms with Crippen LogP contribution in [0.5, 0.6) is 0 Å². The molecular formula is C13H9Cl2N2O3S-. The molecule has 0 aliphatic carbocycles. The number of aromatic nitrogens is 1. The van der Waals surface area contributed by atoms with Crippen LogP contribution in [0, 0.1) is 0 Å². The summed E-state index contributed by atoms with van der Waals surface area (Å²) in [5.41, 5.74) is 0.915. The van der Waals surface area contributed by atoms with Gasteiger partial charge in [-0.1, -0.05) is 23.2 Å². The van der Waals surface area contributed by atoms with Gasteiger partial charge in [0.1, 0.15) is 5.01 Å². The summed E-state index contributed by atoms with van der Waals surface area (Å²) >= 11 is 12.9. The average Bonchev–Trinajstić information content (AvgIpc) is 2.80. The highest BCUT2D eigenvalue weighted by Crippen LogP contribution is 2.25. The van der Waals surface area contributed by atoms with Crippen LogP contribution < -0.4 is 10.4 Å². The average molecular weight is 344 g/mol. The first-order chi connectivity index (χ1) is 9.94. The van der Waals surface area contributed by atoms with Crippen LogP contribution in [-0.2, 0) is 22.4 Å². The topological polar surface area (TPSA) is 82.1 Å². The van der Waals surface area contributed by atoms with Crippen molar-refractivity contribution in [2.75, 3.05) is 5.32 Å². The van der Waals surface area contributed by atoms with Crippen molar-refractivity contribution in [2.24, 2.45) is 0 Å². The Morgan fingerprint density at radius 2 is 2.00 bits per heavy atom. The first-order valence-corrected chi connectivity index (χ1v) is 7.45. The molecule has 0 saturated heterocycles. The summed E-state index contributed by atoms with van der Waals surface area (Å²) in [5, 5.41) is 16.0. The molecule has 110 valence electrons. The molecule has 0 unspecified atom stereocenters. The third-order valence-corrected chi connectivity index (χ3v) is 4.08. The van der Waals surface area contributed by atoms with E-state index in [2.05, 4.69) is 10.3 Å². The van der Waals surface area contributed by atoms with Crippen LogP contribution in [0.1, 0.15) is 10.7 Å². The van der Waals surface area contributed by atoms with E-state index >= 15 is 0 Å². The first kappa shape index (κ1) is 15.8. The van der Waals surface area contributed by atoms with Crippen LogP contribution in [0.25, 0.3) is 0 Å². The first-order valence-electron chi connectivity index (χ1n) is 5.82. The van der Waals surface area contributed by atoms with Crippen molar-refractivity contribution in [3.8, 4) is 0 Å². The molecule has 0 atom stereocenters. The van der Waals surface area contributed by atoms with Crippen LogP contribution in [-0.4, -0.2) is 16.9 Å². The van der Waals surface area contributed by atoms with E-state index in [9.17, 15) is 14.7 Å². The number of nitrogens with zero attached hydrogens (tertiary/aromatic N) is 1. The van der Waals surface area contributed by atoms with E-state index in [1.54, 1.807) is 23.6 Å². The lowest BCUT2D eigenvalue weighted by Gasteiger charge is -2.05. The fourth-order valence-corrected chi connectivity index (χ4v) is 2.67. The van der Waals surface area contributed by atoms with Gasteiger partial charge in [-0.3, -0.25) is 4.79 Å². The number of aliphatic carboxylic acids is 1. The fraction of sp³-hybridized carbons (Fsp3) is 0.154. The highest BCUT2D eigenvalue weighted by atomic mass is 35.5. The van der Waals surface area contributed by atoms with Crippen LogP contribution in [0.3, 0.4) is 0 Å². The summed E-state index contributed by atoms with van der Waals surface area (Å²) in [6, 6.07) is 4.77.